The van der Waals surface area contributed by atoms with Gasteiger partial charge in [0.2, 0.25) is 5.88 Å². The van der Waals surface area contributed by atoms with Crippen molar-refractivity contribution >= 4 is 5.82 Å². The van der Waals surface area contributed by atoms with E-state index in [9.17, 15) is 0 Å². The standard InChI is InChI=1S/C13H18N6O2/c1-20-13-6-12(14-9-15-13)17-10-2-4-19(5-3-10)8-11-7-16-21-18-11/h6-7,9-10H,2-5,8H2,1H3,(H,14,15,17). The number of piperidine rings is 1. The van der Waals surface area contributed by atoms with Gasteiger partial charge in [0.1, 0.15) is 17.8 Å². The molecule has 0 spiro atoms. The van der Waals surface area contributed by atoms with Gasteiger partial charge in [0.05, 0.1) is 13.3 Å². The molecule has 1 N–H and O–H groups in total. The zero-order chi connectivity index (χ0) is 14.5. The van der Waals surface area contributed by atoms with Crippen LogP contribution in [0.25, 0.3) is 0 Å². The first-order valence-corrected chi connectivity index (χ1v) is 6.95. The number of nitrogens with zero attached hydrogens (tertiary/aromatic N) is 5. The summed E-state index contributed by atoms with van der Waals surface area (Å²) in [5, 5.41) is 10.9. The highest BCUT2D eigenvalue weighted by atomic mass is 16.6. The molecule has 0 unspecified atom stereocenters. The van der Waals surface area contributed by atoms with Crippen molar-refractivity contribution in [3.05, 3.63) is 24.3 Å². The molecule has 1 aliphatic rings. The number of hydrogen-bond donors (Lipinski definition) is 1. The lowest BCUT2D eigenvalue weighted by Gasteiger charge is -2.31. The Morgan fingerprint density at radius 1 is 1.38 bits per heavy atom. The highest BCUT2D eigenvalue weighted by molar-refractivity contribution is 5.38. The van der Waals surface area contributed by atoms with E-state index >= 15 is 0 Å². The van der Waals surface area contributed by atoms with Gasteiger partial charge in [-0.2, -0.15) is 0 Å². The molecule has 0 aromatic carbocycles. The summed E-state index contributed by atoms with van der Waals surface area (Å²) in [6.45, 7) is 2.80. The maximum Gasteiger partial charge on any atom is 0.218 e. The minimum atomic E-state index is 0.413. The van der Waals surface area contributed by atoms with Crippen LogP contribution in [0.1, 0.15) is 18.5 Å². The zero-order valence-electron chi connectivity index (χ0n) is 11.9. The largest absolute Gasteiger partial charge is 0.481 e. The fraction of sp³-hybridized carbons (Fsp3) is 0.538. The predicted molar refractivity (Wildman–Crippen MR) is 74.8 cm³/mol. The Bertz CT molecular complexity index is 554. The Hall–Kier alpha value is -2.22. The van der Waals surface area contributed by atoms with Gasteiger partial charge in [-0.1, -0.05) is 10.3 Å². The number of ether oxygens (including phenoxy) is 1. The molecule has 8 nitrogen and oxygen atoms in total. The van der Waals surface area contributed by atoms with E-state index in [4.69, 9.17) is 4.74 Å². The second-order valence-electron chi connectivity index (χ2n) is 5.04. The molecule has 0 saturated carbocycles. The van der Waals surface area contributed by atoms with Crippen LogP contribution in [0.3, 0.4) is 0 Å². The Morgan fingerprint density at radius 2 is 2.24 bits per heavy atom. The molecule has 1 fully saturated rings. The number of aromatic nitrogens is 4. The van der Waals surface area contributed by atoms with Crippen LogP contribution in [-0.2, 0) is 6.54 Å². The van der Waals surface area contributed by atoms with Gasteiger partial charge in [0, 0.05) is 31.7 Å². The number of nitrogens with one attached hydrogen (secondary N) is 1. The first-order chi connectivity index (χ1) is 10.3. The SMILES string of the molecule is COc1cc(NC2CCN(Cc3cnon3)CC2)ncn1. The number of hydrogen-bond acceptors (Lipinski definition) is 8. The van der Waals surface area contributed by atoms with Crippen molar-refractivity contribution in [2.75, 3.05) is 25.5 Å². The van der Waals surface area contributed by atoms with E-state index in [1.165, 1.54) is 6.33 Å². The van der Waals surface area contributed by atoms with E-state index in [2.05, 4.69) is 35.1 Å². The first-order valence-electron chi connectivity index (χ1n) is 6.95. The second kappa shape index (κ2) is 6.49. The van der Waals surface area contributed by atoms with Crippen molar-refractivity contribution in [1.82, 2.24) is 25.2 Å². The Labute approximate surface area is 122 Å². The van der Waals surface area contributed by atoms with Gasteiger partial charge in [-0.25, -0.2) is 14.6 Å². The van der Waals surface area contributed by atoms with Crippen LogP contribution in [-0.4, -0.2) is 51.4 Å². The quantitative estimate of drug-likeness (QED) is 0.870. The average molecular weight is 290 g/mol. The summed E-state index contributed by atoms with van der Waals surface area (Å²) in [5.74, 6) is 1.38. The average Bonchev–Trinajstić information content (AvgIpc) is 3.02. The molecule has 3 rings (SSSR count). The first kappa shape index (κ1) is 13.7. The molecule has 1 saturated heterocycles. The normalized spacial score (nSPS) is 16.8. The van der Waals surface area contributed by atoms with Crippen LogP contribution in [0, 0.1) is 0 Å². The van der Waals surface area contributed by atoms with Gasteiger partial charge >= 0.3 is 0 Å². The molecule has 3 heterocycles. The summed E-state index contributed by atoms with van der Waals surface area (Å²) in [4.78, 5) is 10.6. The summed E-state index contributed by atoms with van der Waals surface area (Å²) in [6.07, 6.45) is 5.28. The minimum Gasteiger partial charge on any atom is -0.481 e. The maximum absolute atomic E-state index is 5.10. The second-order valence-corrected chi connectivity index (χ2v) is 5.04. The summed E-state index contributed by atoms with van der Waals surface area (Å²) in [7, 11) is 1.60. The van der Waals surface area contributed by atoms with Crippen LogP contribution in [0.15, 0.2) is 23.2 Å². The third-order valence-corrected chi connectivity index (χ3v) is 3.58. The number of anilines is 1. The molecule has 112 valence electrons. The zero-order valence-corrected chi connectivity index (χ0v) is 11.9. The monoisotopic (exact) mass is 290 g/mol. The molecule has 0 amide bonds. The summed E-state index contributed by atoms with van der Waals surface area (Å²) in [6, 6.07) is 2.23. The van der Waals surface area contributed by atoms with Gasteiger partial charge in [0.15, 0.2) is 0 Å². The Balaban J connectivity index is 1.49. The molecule has 0 aliphatic carbocycles. The minimum absolute atomic E-state index is 0.413. The topological polar surface area (TPSA) is 89.2 Å². The molecule has 2 aromatic heterocycles. The number of rotatable bonds is 5. The summed E-state index contributed by atoms with van der Waals surface area (Å²) in [5.41, 5.74) is 0.877. The van der Waals surface area contributed by atoms with Crippen molar-refractivity contribution in [1.29, 1.82) is 0 Å². The summed E-state index contributed by atoms with van der Waals surface area (Å²) < 4.78 is 9.71. The highest BCUT2D eigenvalue weighted by Gasteiger charge is 2.20. The van der Waals surface area contributed by atoms with Gasteiger partial charge in [-0.15, -0.1) is 0 Å². The van der Waals surface area contributed by atoms with E-state index in [0.29, 0.717) is 11.9 Å². The van der Waals surface area contributed by atoms with Crippen LogP contribution in [0.4, 0.5) is 5.82 Å². The molecule has 21 heavy (non-hydrogen) atoms. The lowest BCUT2D eigenvalue weighted by atomic mass is 10.0. The van der Waals surface area contributed by atoms with Gasteiger partial charge < -0.3 is 10.1 Å². The third kappa shape index (κ3) is 3.66. The third-order valence-electron chi connectivity index (χ3n) is 3.58. The fourth-order valence-electron chi connectivity index (χ4n) is 2.46. The van der Waals surface area contributed by atoms with Crippen LogP contribution >= 0.6 is 0 Å². The Morgan fingerprint density at radius 3 is 2.95 bits per heavy atom. The molecule has 0 bridgehead atoms. The van der Waals surface area contributed by atoms with Crippen molar-refractivity contribution in [2.45, 2.75) is 25.4 Å². The van der Waals surface area contributed by atoms with Crippen molar-refractivity contribution < 1.29 is 9.37 Å². The smallest absolute Gasteiger partial charge is 0.218 e. The van der Waals surface area contributed by atoms with Gasteiger partial charge in [-0.3, -0.25) is 4.90 Å². The van der Waals surface area contributed by atoms with Gasteiger partial charge in [-0.05, 0) is 12.8 Å². The maximum atomic E-state index is 5.10. The van der Waals surface area contributed by atoms with Crippen molar-refractivity contribution in [3.63, 3.8) is 0 Å². The number of likely N-dealkylation sites (tertiary alicyclic amines) is 1. The molecule has 0 atom stereocenters. The molecule has 2 aromatic rings. The molecule has 0 radical (unpaired) electrons. The van der Waals surface area contributed by atoms with Crippen LogP contribution < -0.4 is 10.1 Å². The van der Waals surface area contributed by atoms with E-state index in [0.717, 1.165) is 44.0 Å². The van der Waals surface area contributed by atoms with Crippen LogP contribution in [0.2, 0.25) is 0 Å². The van der Waals surface area contributed by atoms with Crippen LogP contribution in [0.5, 0.6) is 5.88 Å². The number of methoxy groups -OCH3 is 1. The predicted octanol–water partition coefficient (Wildman–Crippen LogP) is 0.945. The fourth-order valence-corrected chi connectivity index (χ4v) is 2.46. The molecular weight excluding hydrogens is 272 g/mol. The molecule has 8 heteroatoms. The van der Waals surface area contributed by atoms with Crippen molar-refractivity contribution in [3.8, 4) is 5.88 Å². The Kier molecular flexibility index (Phi) is 4.25. The lowest BCUT2D eigenvalue weighted by Crippen LogP contribution is -2.38. The van der Waals surface area contributed by atoms with E-state index < -0.39 is 0 Å². The van der Waals surface area contributed by atoms with Gasteiger partial charge in [0.25, 0.3) is 0 Å². The summed E-state index contributed by atoms with van der Waals surface area (Å²) >= 11 is 0. The van der Waals surface area contributed by atoms with E-state index in [1.54, 1.807) is 13.3 Å². The highest BCUT2D eigenvalue weighted by Crippen LogP contribution is 2.18. The van der Waals surface area contributed by atoms with E-state index in [-0.39, 0.29) is 0 Å². The van der Waals surface area contributed by atoms with E-state index in [1.807, 2.05) is 6.07 Å². The lowest BCUT2D eigenvalue weighted by molar-refractivity contribution is 0.204. The molecular formula is C13H18N6O2. The van der Waals surface area contributed by atoms with Crippen molar-refractivity contribution in [2.24, 2.45) is 0 Å². The molecule has 1 aliphatic heterocycles.